The Bertz CT molecular complexity index is 289. The first-order chi connectivity index (χ1) is 10.1. The number of esters is 1. The highest BCUT2D eigenvalue weighted by Gasteiger charge is 2.28. The second-order valence-corrected chi connectivity index (χ2v) is 6.48. The molecule has 1 fully saturated rings. The Labute approximate surface area is 130 Å². The molecule has 1 N–H and O–H groups in total. The molecule has 0 radical (unpaired) electrons. The number of nitrogens with zero attached hydrogens (tertiary/aromatic N) is 1. The van der Waals surface area contributed by atoms with Gasteiger partial charge < -0.3 is 10.1 Å². The zero-order valence-corrected chi connectivity index (χ0v) is 14.4. The summed E-state index contributed by atoms with van der Waals surface area (Å²) in [5.74, 6) is 0.598. The fourth-order valence-corrected chi connectivity index (χ4v) is 3.06. The Morgan fingerprint density at radius 3 is 2.48 bits per heavy atom. The molecule has 4 nitrogen and oxygen atoms in total. The largest absolute Gasteiger partial charge is 0.465 e. The monoisotopic (exact) mass is 298 g/mol. The molecule has 0 amide bonds. The van der Waals surface area contributed by atoms with Crippen LogP contribution in [0.15, 0.2) is 0 Å². The first kappa shape index (κ1) is 18.4. The van der Waals surface area contributed by atoms with Crippen LogP contribution in [-0.4, -0.2) is 49.2 Å². The van der Waals surface area contributed by atoms with Crippen LogP contribution < -0.4 is 5.32 Å². The van der Waals surface area contributed by atoms with Crippen LogP contribution in [0.5, 0.6) is 0 Å². The highest BCUT2D eigenvalue weighted by atomic mass is 16.5. The third-order valence-electron chi connectivity index (χ3n) is 4.27. The van der Waals surface area contributed by atoms with Gasteiger partial charge in [0.25, 0.3) is 0 Å². The van der Waals surface area contributed by atoms with Gasteiger partial charge in [0.15, 0.2) is 0 Å². The van der Waals surface area contributed by atoms with Gasteiger partial charge in [-0.05, 0) is 45.2 Å². The lowest BCUT2D eigenvalue weighted by molar-refractivity contribution is -0.146. The molecule has 1 aliphatic rings. The van der Waals surface area contributed by atoms with Crippen molar-refractivity contribution in [1.29, 1.82) is 0 Å². The summed E-state index contributed by atoms with van der Waals surface area (Å²) in [5, 5.41) is 3.29. The number of carbonyl (C=O) groups is 1. The summed E-state index contributed by atoms with van der Waals surface area (Å²) in [4.78, 5) is 14.6. The maximum atomic E-state index is 12.1. The molecule has 0 spiro atoms. The fraction of sp³-hybridized carbons (Fsp3) is 0.941. The predicted molar refractivity (Wildman–Crippen MR) is 87.4 cm³/mol. The third kappa shape index (κ3) is 6.79. The molecule has 1 aliphatic carbocycles. The molecule has 1 atom stereocenters. The van der Waals surface area contributed by atoms with E-state index in [1.54, 1.807) is 0 Å². The Kier molecular flexibility index (Phi) is 8.93. The van der Waals surface area contributed by atoms with Crippen LogP contribution in [0.25, 0.3) is 0 Å². The molecule has 0 bridgehead atoms. The zero-order chi connectivity index (χ0) is 15.7. The van der Waals surface area contributed by atoms with Crippen molar-refractivity contribution in [2.24, 2.45) is 5.92 Å². The molecule has 0 saturated heterocycles. The topological polar surface area (TPSA) is 41.6 Å². The van der Waals surface area contributed by atoms with Crippen LogP contribution in [0.1, 0.15) is 59.8 Å². The lowest BCUT2D eigenvalue weighted by atomic mass is 10.1. The van der Waals surface area contributed by atoms with E-state index < -0.39 is 0 Å². The molecular weight excluding hydrogens is 264 g/mol. The van der Waals surface area contributed by atoms with Gasteiger partial charge in [0, 0.05) is 12.6 Å². The van der Waals surface area contributed by atoms with E-state index in [-0.39, 0.29) is 12.0 Å². The van der Waals surface area contributed by atoms with Gasteiger partial charge >= 0.3 is 5.97 Å². The summed E-state index contributed by atoms with van der Waals surface area (Å²) in [6.07, 6.45) is 6.40. The molecule has 0 aromatic rings. The van der Waals surface area contributed by atoms with Crippen LogP contribution in [0.4, 0.5) is 0 Å². The van der Waals surface area contributed by atoms with Crippen LogP contribution in [0.3, 0.4) is 0 Å². The van der Waals surface area contributed by atoms with Gasteiger partial charge in [-0.1, -0.05) is 33.6 Å². The Hall–Kier alpha value is -0.610. The Morgan fingerprint density at radius 2 is 1.95 bits per heavy atom. The van der Waals surface area contributed by atoms with Crippen LogP contribution in [0, 0.1) is 5.92 Å². The third-order valence-corrected chi connectivity index (χ3v) is 4.27. The second kappa shape index (κ2) is 10.2. The lowest BCUT2D eigenvalue weighted by Gasteiger charge is -2.32. The molecule has 0 heterocycles. The quantitative estimate of drug-likeness (QED) is 0.630. The molecule has 124 valence electrons. The maximum Gasteiger partial charge on any atom is 0.324 e. The number of nitrogens with one attached hydrogen (secondary N) is 1. The van der Waals surface area contributed by atoms with E-state index in [0.29, 0.717) is 18.6 Å². The molecule has 21 heavy (non-hydrogen) atoms. The minimum absolute atomic E-state index is 0.105. The number of hydrogen-bond donors (Lipinski definition) is 1. The standard InChI is InChI=1S/C17H34N2O2/c1-5-18-16(17(20)21-6-2)13-19(12-11-14(3)4)15-9-7-8-10-15/h14-16,18H,5-13H2,1-4H3. The molecule has 0 aromatic carbocycles. The van der Waals surface area contributed by atoms with Gasteiger partial charge in [-0.2, -0.15) is 0 Å². The molecule has 1 rings (SSSR count). The number of ether oxygens (including phenoxy) is 1. The van der Waals surface area contributed by atoms with E-state index in [9.17, 15) is 4.79 Å². The molecule has 0 aromatic heterocycles. The van der Waals surface area contributed by atoms with E-state index in [2.05, 4.69) is 24.1 Å². The van der Waals surface area contributed by atoms with E-state index in [1.165, 1.54) is 32.1 Å². The normalized spacial score (nSPS) is 17.6. The first-order valence-corrected chi connectivity index (χ1v) is 8.72. The van der Waals surface area contributed by atoms with Gasteiger partial charge in [0.1, 0.15) is 6.04 Å². The first-order valence-electron chi connectivity index (χ1n) is 8.72. The number of likely N-dealkylation sites (N-methyl/N-ethyl adjacent to an activating group) is 1. The van der Waals surface area contributed by atoms with Crippen molar-refractivity contribution in [2.45, 2.75) is 71.9 Å². The smallest absolute Gasteiger partial charge is 0.324 e. The summed E-state index contributed by atoms with van der Waals surface area (Å²) in [6.45, 7) is 11.6. The average Bonchev–Trinajstić information content (AvgIpc) is 2.96. The van der Waals surface area contributed by atoms with E-state index in [1.807, 2.05) is 13.8 Å². The maximum absolute atomic E-state index is 12.1. The SMILES string of the molecule is CCNC(CN(CCC(C)C)C1CCCC1)C(=O)OCC. The number of carbonyl (C=O) groups excluding carboxylic acids is 1. The van der Waals surface area contributed by atoms with Crippen molar-refractivity contribution < 1.29 is 9.53 Å². The number of hydrogen-bond acceptors (Lipinski definition) is 4. The van der Waals surface area contributed by atoms with Crippen molar-refractivity contribution in [1.82, 2.24) is 10.2 Å². The summed E-state index contributed by atoms with van der Waals surface area (Å²) in [5.41, 5.74) is 0. The van der Waals surface area contributed by atoms with E-state index >= 15 is 0 Å². The lowest BCUT2D eigenvalue weighted by Crippen LogP contribution is -2.49. The van der Waals surface area contributed by atoms with Crippen LogP contribution >= 0.6 is 0 Å². The van der Waals surface area contributed by atoms with E-state index in [4.69, 9.17) is 4.74 Å². The molecule has 0 aliphatic heterocycles. The van der Waals surface area contributed by atoms with Crippen molar-refractivity contribution in [3.05, 3.63) is 0 Å². The minimum atomic E-state index is -0.192. The van der Waals surface area contributed by atoms with Crippen molar-refractivity contribution in [2.75, 3.05) is 26.2 Å². The molecule has 4 heteroatoms. The predicted octanol–water partition coefficient (Wildman–Crippen LogP) is 2.82. The van der Waals surface area contributed by atoms with Gasteiger partial charge in [-0.25, -0.2) is 0 Å². The molecule has 1 saturated carbocycles. The van der Waals surface area contributed by atoms with Gasteiger partial charge in [-0.3, -0.25) is 9.69 Å². The Morgan fingerprint density at radius 1 is 1.29 bits per heavy atom. The highest BCUT2D eigenvalue weighted by molar-refractivity contribution is 5.76. The van der Waals surface area contributed by atoms with Gasteiger partial charge in [0.05, 0.1) is 6.61 Å². The summed E-state index contributed by atoms with van der Waals surface area (Å²) < 4.78 is 5.22. The fourth-order valence-electron chi connectivity index (χ4n) is 3.06. The molecule has 1 unspecified atom stereocenters. The van der Waals surface area contributed by atoms with Crippen LogP contribution in [-0.2, 0) is 9.53 Å². The Balaban J connectivity index is 2.63. The zero-order valence-electron chi connectivity index (χ0n) is 14.4. The van der Waals surface area contributed by atoms with Gasteiger partial charge in [-0.15, -0.1) is 0 Å². The van der Waals surface area contributed by atoms with Crippen molar-refractivity contribution in [3.8, 4) is 0 Å². The summed E-state index contributed by atoms with van der Waals surface area (Å²) >= 11 is 0. The number of rotatable bonds is 10. The van der Waals surface area contributed by atoms with Crippen LogP contribution in [0.2, 0.25) is 0 Å². The average molecular weight is 298 g/mol. The summed E-state index contributed by atoms with van der Waals surface area (Å²) in [6, 6.07) is 0.460. The highest BCUT2D eigenvalue weighted by Crippen LogP contribution is 2.24. The summed E-state index contributed by atoms with van der Waals surface area (Å²) in [7, 11) is 0. The minimum Gasteiger partial charge on any atom is -0.465 e. The van der Waals surface area contributed by atoms with Gasteiger partial charge in [0.2, 0.25) is 0 Å². The van der Waals surface area contributed by atoms with E-state index in [0.717, 1.165) is 19.6 Å². The second-order valence-electron chi connectivity index (χ2n) is 6.48. The van der Waals surface area contributed by atoms with Crippen molar-refractivity contribution >= 4 is 5.97 Å². The molecular formula is C17H34N2O2. The van der Waals surface area contributed by atoms with Crippen molar-refractivity contribution in [3.63, 3.8) is 0 Å².